The van der Waals surface area contributed by atoms with Gasteiger partial charge in [-0.25, -0.2) is 4.98 Å². The first-order valence-corrected chi connectivity index (χ1v) is 4.28. The zero-order valence-electron chi connectivity index (χ0n) is 7.27. The fraction of sp³-hybridized carbons (Fsp3) is 0.250. The maximum atomic E-state index is 10.4. The normalized spacial score (nSPS) is 12.4. The first-order valence-electron chi connectivity index (χ1n) is 3.90. The summed E-state index contributed by atoms with van der Waals surface area (Å²) >= 11 is 5.58. The average Bonchev–Trinajstić information content (AvgIpc) is 2.01. The zero-order valence-corrected chi connectivity index (χ0v) is 8.03. The number of aliphatic carboxylic acids is 1. The predicted octanol–water partition coefficient (Wildman–Crippen LogP) is 0.792. The topological polar surface area (TPSA) is 102 Å². The molecule has 0 saturated carbocycles. The van der Waals surface area contributed by atoms with Crippen molar-refractivity contribution in [2.75, 3.05) is 5.73 Å². The lowest BCUT2D eigenvalue weighted by Gasteiger charge is -2.11. The molecule has 1 heterocycles. The molecule has 0 aliphatic rings. The van der Waals surface area contributed by atoms with Crippen LogP contribution in [0.25, 0.3) is 0 Å². The third-order valence-electron chi connectivity index (χ3n) is 1.72. The molecule has 0 aliphatic heterocycles. The Hall–Kier alpha value is -1.33. The summed E-state index contributed by atoms with van der Waals surface area (Å²) in [5, 5.41) is 8.78. The lowest BCUT2D eigenvalue weighted by atomic mass is 10.1. The molecule has 0 unspecified atom stereocenters. The summed E-state index contributed by atoms with van der Waals surface area (Å²) in [6, 6.07) is 2.45. The van der Waals surface area contributed by atoms with Crippen molar-refractivity contribution < 1.29 is 9.90 Å². The van der Waals surface area contributed by atoms with E-state index in [4.69, 9.17) is 28.2 Å². The van der Waals surface area contributed by atoms with Crippen LogP contribution in [-0.4, -0.2) is 16.1 Å². The van der Waals surface area contributed by atoms with Crippen LogP contribution in [0.5, 0.6) is 0 Å². The number of pyridine rings is 1. The molecule has 0 spiro atoms. The van der Waals surface area contributed by atoms with Crippen molar-refractivity contribution in [2.24, 2.45) is 5.73 Å². The highest BCUT2D eigenvalue weighted by molar-refractivity contribution is 6.29. The summed E-state index contributed by atoms with van der Waals surface area (Å²) in [5.74, 6) is -0.807. The van der Waals surface area contributed by atoms with Crippen molar-refractivity contribution in [1.82, 2.24) is 4.98 Å². The lowest BCUT2D eigenvalue weighted by molar-refractivity contribution is -0.137. The van der Waals surface area contributed by atoms with E-state index in [2.05, 4.69) is 4.98 Å². The highest BCUT2D eigenvalue weighted by Crippen LogP contribution is 2.21. The largest absolute Gasteiger partial charge is 0.481 e. The van der Waals surface area contributed by atoms with E-state index < -0.39 is 12.0 Å². The van der Waals surface area contributed by atoms with Crippen LogP contribution in [0.2, 0.25) is 5.15 Å². The molecule has 1 aromatic heterocycles. The minimum Gasteiger partial charge on any atom is -0.481 e. The van der Waals surface area contributed by atoms with Gasteiger partial charge in [0.25, 0.3) is 0 Å². The van der Waals surface area contributed by atoms with Gasteiger partial charge in [0.2, 0.25) is 0 Å². The maximum Gasteiger partial charge on any atom is 0.305 e. The smallest absolute Gasteiger partial charge is 0.305 e. The van der Waals surface area contributed by atoms with E-state index in [1.807, 2.05) is 0 Å². The number of rotatable bonds is 3. The summed E-state index contributed by atoms with van der Waals surface area (Å²) in [4.78, 5) is 14.2. The average molecular weight is 216 g/mol. The Labute approximate surface area is 85.7 Å². The Bertz CT molecular complexity index is 356. The van der Waals surface area contributed by atoms with Gasteiger partial charge in [-0.05, 0) is 6.07 Å². The van der Waals surface area contributed by atoms with Gasteiger partial charge < -0.3 is 16.6 Å². The lowest BCUT2D eigenvalue weighted by Crippen LogP contribution is -2.17. The van der Waals surface area contributed by atoms with Gasteiger partial charge in [-0.1, -0.05) is 17.7 Å². The van der Waals surface area contributed by atoms with Gasteiger partial charge in [0, 0.05) is 11.6 Å². The van der Waals surface area contributed by atoms with Crippen LogP contribution in [-0.2, 0) is 4.79 Å². The number of anilines is 1. The van der Waals surface area contributed by atoms with Gasteiger partial charge in [-0.2, -0.15) is 0 Å². The van der Waals surface area contributed by atoms with Crippen LogP contribution in [0.4, 0.5) is 5.82 Å². The van der Waals surface area contributed by atoms with Gasteiger partial charge in [-0.15, -0.1) is 0 Å². The molecule has 14 heavy (non-hydrogen) atoms. The number of carbonyl (C=O) groups is 1. The highest BCUT2D eigenvalue weighted by atomic mass is 35.5. The molecule has 0 saturated heterocycles. The minimum atomic E-state index is -0.980. The van der Waals surface area contributed by atoms with Crippen LogP contribution < -0.4 is 11.5 Å². The van der Waals surface area contributed by atoms with E-state index in [1.165, 1.54) is 6.07 Å². The standard InChI is InChI=1S/C8H10ClN3O2/c9-6-2-1-4(8(11)12-6)5(10)3-7(13)14/h1-2,5H,3,10H2,(H2,11,12)(H,13,14)/t5-/m0/s1. The molecule has 5 nitrogen and oxygen atoms in total. The molecule has 0 amide bonds. The number of carboxylic acid groups (broad SMARTS) is 1. The van der Waals surface area contributed by atoms with Crippen molar-refractivity contribution in [2.45, 2.75) is 12.5 Å². The van der Waals surface area contributed by atoms with Crippen LogP contribution in [0.1, 0.15) is 18.0 Å². The van der Waals surface area contributed by atoms with Crippen molar-refractivity contribution in [3.63, 3.8) is 0 Å². The third-order valence-corrected chi connectivity index (χ3v) is 1.93. The van der Waals surface area contributed by atoms with Crippen molar-refractivity contribution in [1.29, 1.82) is 0 Å². The third kappa shape index (κ3) is 2.58. The second-order valence-electron chi connectivity index (χ2n) is 2.81. The molecule has 0 radical (unpaired) electrons. The molecule has 5 N–H and O–H groups in total. The quantitative estimate of drug-likeness (QED) is 0.647. The Morgan fingerprint density at radius 3 is 2.79 bits per heavy atom. The van der Waals surface area contributed by atoms with E-state index in [9.17, 15) is 4.79 Å². The van der Waals surface area contributed by atoms with E-state index in [-0.39, 0.29) is 17.4 Å². The SMILES string of the molecule is Nc1nc(Cl)ccc1[C@@H](N)CC(=O)O. The fourth-order valence-corrected chi connectivity index (χ4v) is 1.23. The fourth-order valence-electron chi connectivity index (χ4n) is 1.07. The molecular formula is C8H10ClN3O2. The Morgan fingerprint density at radius 2 is 2.29 bits per heavy atom. The summed E-state index contributed by atoms with van der Waals surface area (Å²) in [5.41, 5.74) is 11.6. The summed E-state index contributed by atoms with van der Waals surface area (Å²) in [6.07, 6.45) is -0.187. The second kappa shape index (κ2) is 4.26. The molecule has 76 valence electrons. The number of halogens is 1. The number of hydrogen-bond donors (Lipinski definition) is 3. The zero-order chi connectivity index (χ0) is 10.7. The summed E-state index contributed by atoms with van der Waals surface area (Å²) in [7, 11) is 0. The Kier molecular flexibility index (Phi) is 3.27. The van der Waals surface area contributed by atoms with Crippen molar-refractivity contribution >= 4 is 23.4 Å². The molecule has 1 atom stereocenters. The molecule has 0 bridgehead atoms. The van der Waals surface area contributed by atoms with Gasteiger partial charge in [-0.3, -0.25) is 4.79 Å². The monoisotopic (exact) mass is 215 g/mol. The van der Waals surface area contributed by atoms with E-state index in [1.54, 1.807) is 6.07 Å². The molecule has 0 fully saturated rings. The minimum absolute atomic E-state index is 0.172. The van der Waals surface area contributed by atoms with Crippen LogP contribution in [0.3, 0.4) is 0 Å². The van der Waals surface area contributed by atoms with Gasteiger partial charge in [0.05, 0.1) is 6.42 Å². The van der Waals surface area contributed by atoms with E-state index in [0.29, 0.717) is 5.56 Å². The number of nitrogens with zero attached hydrogens (tertiary/aromatic N) is 1. The molecule has 1 rings (SSSR count). The van der Waals surface area contributed by atoms with Crippen LogP contribution >= 0.6 is 11.6 Å². The van der Waals surface area contributed by atoms with Crippen molar-refractivity contribution in [3.05, 3.63) is 22.8 Å². The summed E-state index contributed by atoms with van der Waals surface area (Å²) in [6.45, 7) is 0. The number of hydrogen-bond acceptors (Lipinski definition) is 4. The number of nitrogen functional groups attached to an aromatic ring is 1. The molecule has 1 aromatic rings. The number of aromatic nitrogens is 1. The predicted molar refractivity (Wildman–Crippen MR) is 52.8 cm³/mol. The Balaban J connectivity index is 2.90. The highest BCUT2D eigenvalue weighted by Gasteiger charge is 2.14. The Morgan fingerprint density at radius 1 is 1.64 bits per heavy atom. The van der Waals surface area contributed by atoms with E-state index in [0.717, 1.165) is 0 Å². The van der Waals surface area contributed by atoms with Crippen LogP contribution in [0, 0.1) is 0 Å². The molecule has 0 aliphatic carbocycles. The maximum absolute atomic E-state index is 10.4. The first kappa shape index (κ1) is 10.7. The molecule has 0 aromatic carbocycles. The van der Waals surface area contributed by atoms with Crippen molar-refractivity contribution in [3.8, 4) is 0 Å². The molecular weight excluding hydrogens is 206 g/mol. The van der Waals surface area contributed by atoms with Gasteiger partial charge in [0.15, 0.2) is 0 Å². The number of nitrogens with two attached hydrogens (primary N) is 2. The number of carboxylic acids is 1. The molecule has 6 heteroatoms. The van der Waals surface area contributed by atoms with Gasteiger partial charge in [0.1, 0.15) is 11.0 Å². The second-order valence-corrected chi connectivity index (χ2v) is 3.20. The summed E-state index contributed by atoms with van der Waals surface area (Å²) < 4.78 is 0. The van der Waals surface area contributed by atoms with Gasteiger partial charge >= 0.3 is 5.97 Å². The first-order chi connectivity index (χ1) is 6.50. The van der Waals surface area contributed by atoms with Crippen LogP contribution in [0.15, 0.2) is 12.1 Å². The van der Waals surface area contributed by atoms with E-state index >= 15 is 0 Å².